The van der Waals surface area contributed by atoms with E-state index in [1.807, 2.05) is 25.4 Å². The standard InChI is InChI=1S/C27H34FN3O4Si.C23H27BrFN3O3Si/c1-5-33-13-11-21-18-30(17-20-6-8-22(28)9-7-20)24-16-29-26-23(25(21)24)10-12-31(27(26)32)35-19-34-14-15-36(2,3)4;1-32(2,3)11-10-30-15-31-28-9-8-18-21-19(24)14-27(13-16-4-6-17(25)7-5-16)20(21)12-26-22(18)23(28)29/h6-9,11,13,16,18H,5,10,12,14-15,17,19H2,1-4H3;4-7,12,14H,8-11,13,15H2,1-3H3/b13-11-;. The average molecular weight is 1030 g/mol. The van der Waals surface area contributed by atoms with Gasteiger partial charge in [-0.15, -0.1) is 0 Å². The van der Waals surface area contributed by atoms with Crippen LogP contribution in [-0.4, -0.2) is 104 Å². The summed E-state index contributed by atoms with van der Waals surface area (Å²) in [5, 5.41) is 4.65. The van der Waals surface area contributed by atoms with Crippen LogP contribution >= 0.6 is 15.9 Å². The minimum Gasteiger partial charge on any atom is -0.501 e. The predicted octanol–water partition coefficient (Wildman–Crippen LogP) is 10.7. The molecule has 8 rings (SSSR count). The van der Waals surface area contributed by atoms with Gasteiger partial charge in [0, 0.05) is 75.7 Å². The highest BCUT2D eigenvalue weighted by atomic mass is 79.9. The lowest BCUT2D eigenvalue weighted by atomic mass is 9.99. The fraction of sp³-hybridized carbons (Fsp3) is 0.400. The molecule has 6 heterocycles. The van der Waals surface area contributed by atoms with E-state index in [0.29, 0.717) is 70.2 Å². The highest BCUT2D eigenvalue weighted by Gasteiger charge is 2.32. The Labute approximate surface area is 407 Å². The van der Waals surface area contributed by atoms with Crippen molar-refractivity contribution in [3.8, 4) is 0 Å². The monoisotopic (exact) mass is 1030 g/mol. The minimum absolute atomic E-state index is 0.0458. The van der Waals surface area contributed by atoms with E-state index in [-0.39, 0.29) is 37.0 Å². The van der Waals surface area contributed by atoms with E-state index in [4.69, 9.17) is 23.9 Å². The molecule has 0 radical (unpaired) electrons. The predicted molar refractivity (Wildman–Crippen MR) is 268 cm³/mol. The van der Waals surface area contributed by atoms with E-state index in [9.17, 15) is 18.4 Å². The Morgan fingerprint density at radius 3 is 1.60 bits per heavy atom. The van der Waals surface area contributed by atoms with E-state index in [0.717, 1.165) is 66.2 Å². The molecule has 0 fully saturated rings. The first-order valence-electron chi connectivity index (χ1n) is 23.0. The maximum atomic E-state index is 13.4. The number of halogens is 3. The fourth-order valence-corrected chi connectivity index (χ4v) is 10.1. The van der Waals surface area contributed by atoms with Gasteiger partial charge in [0.15, 0.2) is 13.6 Å². The Kier molecular flexibility index (Phi) is 16.8. The van der Waals surface area contributed by atoms with Crippen LogP contribution in [0.15, 0.2) is 84.1 Å². The van der Waals surface area contributed by atoms with Gasteiger partial charge in [0.05, 0.1) is 49.4 Å². The van der Waals surface area contributed by atoms with Gasteiger partial charge in [-0.2, -0.15) is 0 Å². The van der Waals surface area contributed by atoms with Gasteiger partial charge in [-0.05, 0) is 100 Å². The van der Waals surface area contributed by atoms with Gasteiger partial charge >= 0.3 is 0 Å². The van der Waals surface area contributed by atoms with Crippen molar-refractivity contribution in [2.24, 2.45) is 0 Å². The lowest BCUT2D eigenvalue weighted by molar-refractivity contribution is -0.195. The van der Waals surface area contributed by atoms with Crippen LogP contribution in [0.25, 0.3) is 27.9 Å². The molecule has 6 aromatic rings. The number of carbonyl (C=O) groups excluding carboxylic acids is 2. The molecule has 0 atom stereocenters. The van der Waals surface area contributed by atoms with Gasteiger partial charge in [-0.25, -0.2) is 38.6 Å². The number of amides is 2. The van der Waals surface area contributed by atoms with Crippen molar-refractivity contribution in [2.45, 2.75) is 84.2 Å². The Bertz CT molecular complexity index is 2740. The van der Waals surface area contributed by atoms with Gasteiger partial charge in [0.2, 0.25) is 0 Å². The second kappa shape index (κ2) is 22.6. The number of hydrogen-bond donors (Lipinski definition) is 0. The molecular weight excluding hydrogens is 971 g/mol. The van der Waals surface area contributed by atoms with Crippen molar-refractivity contribution in [1.82, 2.24) is 29.2 Å². The summed E-state index contributed by atoms with van der Waals surface area (Å²) < 4.78 is 48.3. The van der Waals surface area contributed by atoms with Gasteiger partial charge in [-0.1, -0.05) is 63.5 Å². The number of rotatable bonds is 19. The van der Waals surface area contributed by atoms with Gasteiger partial charge in [0.1, 0.15) is 23.0 Å². The molecule has 0 saturated carbocycles. The second-order valence-electron chi connectivity index (χ2n) is 19.3. The third kappa shape index (κ3) is 13.0. The molecule has 0 spiro atoms. The molecule has 4 aromatic heterocycles. The van der Waals surface area contributed by atoms with E-state index < -0.39 is 16.1 Å². The number of pyridine rings is 2. The number of fused-ring (bicyclic) bond motifs is 6. The van der Waals surface area contributed by atoms with Crippen molar-refractivity contribution < 1.29 is 42.3 Å². The number of carbonyl (C=O) groups is 2. The van der Waals surface area contributed by atoms with Crippen molar-refractivity contribution >= 4 is 71.8 Å². The smallest absolute Gasteiger partial charge is 0.296 e. The number of hydroxylamine groups is 4. The Morgan fingerprint density at radius 2 is 1.13 bits per heavy atom. The lowest BCUT2D eigenvalue weighted by Gasteiger charge is -2.27. The largest absolute Gasteiger partial charge is 0.501 e. The first-order valence-corrected chi connectivity index (χ1v) is 31.2. The summed E-state index contributed by atoms with van der Waals surface area (Å²) in [5.41, 5.74) is 7.34. The number of hydrogen-bond acceptors (Lipinski definition) is 9. The van der Waals surface area contributed by atoms with Crippen LogP contribution in [0.5, 0.6) is 0 Å². The van der Waals surface area contributed by atoms with Crippen LogP contribution in [-0.2, 0) is 49.8 Å². The van der Waals surface area contributed by atoms with Crippen molar-refractivity contribution in [2.75, 3.05) is 46.5 Å². The summed E-state index contributed by atoms with van der Waals surface area (Å²) in [4.78, 5) is 46.4. The van der Waals surface area contributed by atoms with Crippen molar-refractivity contribution in [3.63, 3.8) is 0 Å². The van der Waals surface area contributed by atoms with E-state index in [2.05, 4.69) is 74.3 Å². The molecule has 13 nitrogen and oxygen atoms in total. The normalized spacial score (nSPS) is 14.2. The molecule has 2 aliphatic rings. The zero-order valence-corrected chi connectivity index (χ0v) is 43.5. The SMILES string of the molecule is CCO/C=C\c1cn(Cc2ccc(F)cc2)c2cnc3c(c12)CCN(OCOCC[Si](C)(C)C)C3=O.C[Si](C)(C)CCOCON1CCc2c(ncc3c2c(Br)cn3Cc2ccc(F)cc2)C1=O. The molecule has 2 aliphatic heterocycles. The molecule has 18 heteroatoms. The molecular formula is C50H61BrF2N6O7Si2. The number of ether oxygens (including phenoxy) is 3. The van der Waals surface area contributed by atoms with E-state index in [1.54, 1.807) is 42.9 Å². The molecule has 2 amide bonds. The maximum absolute atomic E-state index is 13.4. The third-order valence-corrected chi connectivity index (χ3v) is 15.6. The molecule has 0 bridgehead atoms. The molecule has 0 aliphatic carbocycles. The zero-order chi connectivity index (χ0) is 48.6. The van der Waals surface area contributed by atoms with Crippen LogP contribution in [0.1, 0.15) is 55.7 Å². The minimum atomic E-state index is -1.18. The maximum Gasteiger partial charge on any atom is 0.296 e. The fourth-order valence-electron chi connectivity index (χ4n) is 7.90. The van der Waals surface area contributed by atoms with Crippen LogP contribution in [0.2, 0.25) is 51.4 Å². The van der Waals surface area contributed by atoms with E-state index >= 15 is 0 Å². The molecule has 68 heavy (non-hydrogen) atoms. The van der Waals surface area contributed by atoms with Crippen molar-refractivity contribution in [1.29, 1.82) is 0 Å². The van der Waals surface area contributed by atoms with E-state index in [1.165, 1.54) is 34.4 Å². The molecule has 0 saturated heterocycles. The second-order valence-corrected chi connectivity index (χ2v) is 31.4. The summed E-state index contributed by atoms with van der Waals surface area (Å²) in [6, 6.07) is 15.0. The first kappa shape index (κ1) is 50.8. The number of aromatic nitrogens is 4. The average Bonchev–Trinajstić information content (AvgIpc) is 3.81. The van der Waals surface area contributed by atoms with Gasteiger partial charge in [0.25, 0.3) is 11.8 Å². The zero-order valence-electron chi connectivity index (χ0n) is 40.0. The molecule has 2 aromatic carbocycles. The van der Waals surface area contributed by atoms with Crippen LogP contribution in [0, 0.1) is 11.6 Å². The first-order chi connectivity index (χ1) is 32.5. The quantitative estimate of drug-likeness (QED) is 0.0338. The summed E-state index contributed by atoms with van der Waals surface area (Å²) >= 11 is 3.65. The molecule has 0 unspecified atom stereocenters. The topological polar surface area (TPSA) is 122 Å². The summed E-state index contributed by atoms with van der Waals surface area (Å²) in [5.74, 6) is -1.04. The summed E-state index contributed by atoms with van der Waals surface area (Å²) in [6.07, 6.45) is 12.3. The third-order valence-electron chi connectivity index (χ3n) is 11.6. The summed E-state index contributed by atoms with van der Waals surface area (Å²) in [6.45, 7) is 19.6. The van der Waals surface area contributed by atoms with Gasteiger partial charge in [-0.3, -0.25) is 9.59 Å². The lowest BCUT2D eigenvalue weighted by Crippen LogP contribution is -2.39. The Balaban J connectivity index is 0.000000203. The molecule has 362 valence electrons. The van der Waals surface area contributed by atoms with Crippen LogP contribution < -0.4 is 0 Å². The highest BCUT2D eigenvalue weighted by Crippen LogP contribution is 2.35. The Hall–Kier alpha value is -5.09. The molecule has 0 N–H and O–H groups in total. The van der Waals surface area contributed by atoms with Gasteiger partial charge < -0.3 is 23.3 Å². The number of benzene rings is 2. The van der Waals surface area contributed by atoms with Crippen molar-refractivity contribution in [3.05, 3.63) is 135 Å². The Morgan fingerprint density at radius 1 is 0.676 bits per heavy atom. The van der Waals surface area contributed by atoms with Crippen LogP contribution in [0.4, 0.5) is 8.78 Å². The number of nitrogens with zero attached hydrogens (tertiary/aromatic N) is 6. The highest BCUT2D eigenvalue weighted by molar-refractivity contribution is 9.10. The summed E-state index contributed by atoms with van der Waals surface area (Å²) in [7, 11) is -2.34. The van der Waals surface area contributed by atoms with Crippen LogP contribution in [0.3, 0.4) is 0 Å².